The van der Waals surface area contributed by atoms with Crippen molar-refractivity contribution in [1.29, 1.82) is 0 Å². The summed E-state index contributed by atoms with van der Waals surface area (Å²) in [5, 5.41) is 7.64. The van der Waals surface area contributed by atoms with Gasteiger partial charge in [-0.05, 0) is 26.3 Å². The Labute approximate surface area is 164 Å². The van der Waals surface area contributed by atoms with Crippen molar-refractivity contribution < 1.29 is 9.53 Å². The summed E-state index contributed by atoms with van der Waals surface area (Å²) >= 11 is 0. The first-order chi connectivity index (χ1) is 13.3. The molecule has 7 nitrogen and oxygen atoms in total. The molecule has 146 valence electrons. The molecule has 1 saturated heterocycles. The predicted molar refractivity (Wildman–Crippen MR) is 107 cm³/mol. The van der Waals surface area contributed by atoms with E-state index in [9.17, 15) is 4.79 Å². The minimum atomic E-state index is -0.583. The average Bonchev–Trinajstić information content (AvgIpc) is 3.15. The number of amidine groups is 1. The van der Waals surface area contributed by atoms with Crippen LogP contribution in [0.5, 0.6) is 5.88 Å². The van der Waals surface area contributed by atoms with E-state index in [-0.39, 0.29) is 12.1 Å². The lowest BCUT2D eigenvalue weighted by Gasteiger charge is -2.29. The second-order valence-electron chi connectivity index (χ2n) is 7.89. The van der Waals surface area contributed by atoms with Gasteiger partial charge in [0.05, 0.1) is 19.1 Å². The minimum Gasteiger partial charge on any atom is -0.481 e. The van der Waals surface area contributed by atoms with E-state index in [1.165, 1.54) is 5.56 Å². The zero-order chi connectivity index (χ0) is 20.1. The van der Waals surface area contributed by atoms with Crippen LogP contribution in [-0.4, -0.2) is 40.6 Å². The van der Waals surface area contributed by atoms with Gasteiger partial charge in [-0.1, -0.05) is 29.8 Å². The van der Waals surface area contributed by atoms with Crippen LogP contribution in [0.3, 0.4) is 0 Å². The molecule has 1 aromatic carbocycles. The van der Waals surface area contributed by atoms with Gasteiger partial charge in [-0.3, -0.25) is 4.79 Å². The fourth-order valence-corrected chi connectivity index (χ4v) is 3.52. The van der Waals surface area contributed by atoms with Crippen molar-refractivity contribution in [2.24, 2.45) is 10.4 Å². The van der Waals surface area contributed by atoms with Gasteiger partial charge in [0, 0.05) is 24.9 Å². The molecule has 2 aromatic rings. The summed E-state index contributed by atoms with van der Waals surface area (Å²) in [6.07, 6.45) is 1.66. The molecule has 1 amide bonds. The number of hydrogen-bond donors (Lipinski definition) is 1. The molecule has 1 N–H and O–H groups in total. The third-order valence-electron chi connectivity index (χ3n) is 5.39. The monoisotopic (exact) mass is 379 g/mol. The number of aryl methyl sites for hydroxylation is 1. The predicted octanol–water partition coefficient (Wildman–Crippen LogP) is 2.63. The van der Waals surface area contributed by atoms with Gasteiger partial charge < -0.3 is 15.0 Å². The summed E-state index contributed by atoms with van der Waals surface area (Å²) in [6.45, 7) is 6.50. The Morgan fingerprint density at radius 3 is 2.64 bits per heavy atom. The zero-order valence-corrected chi connectivity index (χ0v) is 16.9. The molecule has 3 heterocycles. The molecule has 0 saturated carbocycles. The Morgan fingerprint density at radius 1 is 1.25 bits per heavy atom. The molecule has 2 aliphatic heterocycles. The fraction of sp³-hybridized carbons (Fsp3) is 0.381. The van der Waals surface area contributed by atoms with E-state index in [4.69, 9.17) is 14.8 Å². The number of amides is 1. The summed E-state index contributed by atoms with van der Waals surface area (Å²) in [6, 6.07) is 10.3. The lowest BCUT2D eigenvalue weighted by Crippen LogP contribution is -2.29. The maximum absolute atomic E-state index is 12.3. The van der Waals surface area contributed by atoms with Crippen molar-refractivity contribution in [3.63, 3.8) is 0 Å². The van der Waals surface area contributed by atoms with Crippen LogP contribution in [0.25, 0.3) is 0 Å². The molecule has 4 rings (SSSR count). The van der Waals surface area contributed by atoms with Gasteiger partial charge >= 0.3 is 0 Å². The number of aliphatic imine (C=N–C) groups is 1. The van der Waals surface area contributed by atoms with Gasteiger partial charge in [0.1, 0.15) is 11.5 Å². The van der Waals surface area contributed by atoms with Crippen molar-refractivity contribution in [3.05, 3.63) is 58.9 Å². The maximum Gasteiger partial charge on any atom is 0.235 e. The summed E-state index contributed by atoms with van der Waals surface area (Å²) in [5.41, 5.74) is 3.46. The number of rotatable bonds is 4. The minimum absolute atomic E-state index is 0.0333. The molecule has 1 atom stereocenters. The number of aromatic nitrogens is 2. The molecular weight excluding hydrogens is 354 g/mol. The number of fused-ring (bicyclic) bond motifs is 1. The first-order valence-corrected chi connectivity index (χ1v) is 9.30. The molecular formula is C21H25N5O2. The Balaban J connectivity index is 1.64. The molecule has 0 spiro atoms. The van der Waals surface area contributed by atoms with E-state index in [1.54, 1.807) is 7.11 Å². The number of ether oxygens (including phenoxy) is 1. The highest BCUT2D eigenvalue weighted by atomic mass is 16.5. The van der Waals surface area contributed by atoms with Crippen molar-refractivity contribution >= 4 is 11.7 Å². The number of nitrogens with zero attached hydrogens (tertiary/aromatic N) is 4. The van der Waals surface area contributed by atoms with Gasteiger partial charge in [0.2, 0.25) is 11.8 Å². The third-order valence-corrected chi connectivity index (χ3v) is 5.39. The molecule has 0 radical (unpaired) electrons. The van der Waals surface area contributed by atoms with Gasteiger partial charge in [0.25, 0.3) is 0 Å². The molecule has 7 heteroatoms. The highest BCUT2D eigenvalue weighted by Gasteiger charge is 2.44. The largest absolute Gasteiger partial charge is 0.481 e. The topological polar surface area (TPSA) is 71.8 Å². The average molecular weight is 379 g/mol. The number of nitrogens with one attached hydrogen (secondary N) is 1. The Kier molecular flexibility index (Phi) is 4.25. The Morgan fingerprint density at radius 2 is 1.96 bits per heavy atom. The first-order valence-electron chi connectivity index (χ1n) is 9.30. The van der Waals surface area contributed by atoms with Crippen LogP contribution in [0.1, 0.15) is 36.8 Å². The third kappa shape index (κ3) is 2.96. The van der Waals surface area contributed by atoms with Gasteiger partial charge in [-0.2, -0.15) is 5.10 Å². The Hall–Kier alpha value is -3.09. The highest BCUT2D eigenvalue weighted by Crippen LogP contribution is 2.38. The van der Waals surface area contributed by atoms with Crippen LogP contribution < -0.4 is 10.1 Å². The lowest BCUT2D eigenvalue weighted by molar-refractivity contribution is -0.124. The van der Waals surface area contributed by atoms with E-state index in [0.717, 1.165) is 16.8 Å². The number of carbonyl (C=O) groups excluding carboxylic acids is 1. The van der Waals surface area contributed by atoms with Crippen molar-refractivity contribution in [2.45, 2.75) is 33.5 Å². The van der Waals surface area contributed by atoms with E-state index >= 15 is 0 Å². The van der Waals surface area contributed by atoms with Gasteiger partial charge in [0.15, 0.2) is 6.17 Å². The van der Waals surface area contributed by atoms with Crippen molar-refractivity contribution in [3.8, 4) is 5.88 Å². The molecule has 2 aliphatic rings. The SMILES string of the molecule is COc1cc(C2N=C3NC(=O)C(C)(C)C3=CN2C)nn1Cc1ccc(C)cc1. The van der Waals surface area contributed by atoms with Crippen LogP contribution in [0.4, 0.5) is 0 Å². The van der Waals surface area contributed by atoms with Gasteiger partial charge in [-0.25, -0.2) is 9.67 Å². The van der Waals surface area contributed by atoms with Crippen LogP contribution in [0, 0.1) is 12.3 Å². The number of hydrogen-bond acceptors (Lipinski definition) is 5. The van der Waals surface area contributed by atoms with E-state index < -0.39 is 5.41 Å². The smallest absolute Gasteiger partial charge is 0.235 e. The second kappa shape index (κ2) is 6.51. The normalized spacial score (nSPS) is 20.4. The fourth-order valence-electron chi connectivity index (χ4n) is 3.52. The highest BCUT2D eigenvalue weighted by molar-refractivity contribution is 6.19. The Bertz CT molecular complexity index is 985. The standard InChI is InChI=1S/C21H25N5O2/c1-13-6-8-14(9-7-13)11-26-17(28-5)10-16(24-26)19-22-18-15(12-25(19)4)21(2,3)20(27)23-18/h6-10,12,19H,11H2,1-5H3,(H,22,23,27). The number of benzene rings is 1. The summed E-state index contributed by atoms with van der Waals surface area (Å²) in [5.74, 6) is 1.27. The van der Waals surface area contributed by atoms with Crippen LogP contribution in [0.15, 0.2) is 47.1 Å². The molecule has 1 unspecified atom stereocenters. The van der Waals surface area contributed by atoms with Crippen LogP contribution >= 0.6 is 0 Å². The molecule has 0 aliphatic carbocycles. The van der Waals surface area contributed by atoms with Crippen LogP contribution in [0.2, 0.25) is 0 Å². The van der Waals surface area contributed by atoms with Gasteiger partial charge in [-0.15, -0.1) is 0 Å². The molecule has 28 heavy (non-hydrogen) atoms. The summed E-state index contributed by atoms with van der Waals surface area (Å²) in [4.78, 5) is 19.0. The lowest BCUT2D eigenvalue weighted by atomic mass is 9.86. The van der Waals surface area contributed by atoms with E-state index in [1.807, 2.05) is 42.7 Å². The zero-order valence-electron chi connectivity index (χ0n) is 16.9. The van der Waals surface area contributed by atoms with E-state index in [0.29, 0.717) is 18.3 Å². The van der Waals surface area contributed by atoms with E-state index in [2.05, 4.69) is 36.5 Å². The summed E-state index contributed by atoms with van der Waals surface area (Å²) in [7, 11) is 3.59. The first kappa shape index (κ1) is 18.3. The van der Waals surface area contributed by atoms with Crippen molar-refractivity contribution in [2.75, 3.05) is 14.2 Å². The summed E-state index contributed by atoms with van der Waals surface area (Å²) < 4.78 is 7.37. The maximum atomic E-state index is 12.3. The number of carbonyl (C=O) groups is 1. The van der Waals surface area contributed by atoms with Crippen LogP contribution in [-0.2, 0) is 11.3 Å². The molecule has 1 fully saturated rings. The molecule has 0 bridgehead atoms. The molecule has 1 aromatic heterocycles. The number of methoxy groups -OCH3 is 1. The second-order valence-corrected chi connectivity index (χ2v) is 7.89. The van der Waals surface area contributed by atoms with Crippen molar-refractivity contribution in [1.82, 2.24) is 20.0 Å². The quantitative estimate of drug-likeness (QED) is 0.886.